The van der Waals surface area contributed by atoms with Crippen molar-refractivity contribution in [3.05, 3.63) is 53.6 Å². The van der Waals surface area contributed by atoms with Gasteiger partial charge in [-0.05, 0) is 42.3 Å². The number of piperazine rings is 1. The molecule has 1 aliphatic rings. The Bertz CT molecular complexity index is 886. The van der Waals surface area contributed by atoms with Crippen molar-refractivity contribution in [1.82, 2.24) is 10.2 Å². The maximum atomic E-state index is 12.5. The summed E-state index contributed by atoms with van der Waals surface area (Å²) in [5.41, 5.74) is 2.75. The first-order valence-electron chi connectivity index (χ1n) is 9.63. The molecule has 0 bridgehead atoms. The van der Waals surface area contributed by atoms with E-state index >= 15 is 0 Å². The highest BCUT2D eigenvalue weighted by atomic mass is 16.5. The average Bonchev–Trinajstić information content (AvgIpc) is 2.79. The molecule has 0 saturated carbocycles. The number of anilines is 1. The van der Waals surface area contributed by atoms with Gasteiger partial charge in [0.1, 0.15) is 0 Å². The number of benzene rings is 2. The normalized spacial score (nSPS) is 13.6. The molecule has 1 N–H and O–H groups in total. The third kappa shape index (κ3) is 5.11. The van der Waals surface area contributed by atoms with Crippen molar-refractivity contribution in [3.8, 4) is 17.6 Å². The third-order valence-corrected chi connectivity index (χ3v) is 5.05. The van der Waals surface area contributed by atoms with Crippen molar-refractivity contribution in [2.75, 3.05) is 51.8 Å². The number of nitrogens with one attached hydrogen (secondary N) is 1. The summed E-state index contributed by atoms with van der Waals surface area (Å²) >= 11 is 0. The van der Waals surface area contributed by atoms with Crippen LogP contribution < -0.4 is 19.7 Å². The van der Waals surface area contributed by atoms with Crippen LogP contribution in [-0.2, 0) is 6.42 Å². The Morgan fingerprint density at radius 1 is 1.07 bits per heavy atom. The molecule has 1 saturated heterocycles. The smallest absolute Gasteiger partial charge is 0.317 e. The number of nitriles is 1. The number of amides is 2. The minimum Gasteiger partial charge on any atom is -0.493 e. The van der Waals surface area contributed by atoms with Gasteiger partial charge in [0, 0.05) is 38.4 Å². The summed E-state index contributed by atoms with van der Waals surface area (Å²) < 4.78 is 10.6. The van der Waals surface area contributed by atoms with Gasteiger partial charge < -0.3 is 24.6 Å². The zero-order valence-corrected chi connectivity index (χ0v) is 16.9. The summed E-state index contributed by atoms with van der Waals surface area (Å²) in [5.74, 6) is 1.38. The first kappa shape index (κ1) is 20.3. The molecule has 1 fully saturated rings. The van der Waals surface area contributed by atoms with Crippen LogP contribution in [0.1, 0.15) is 11.1 Å². The molecular formula is C22H26N4O3. The van der Waals surface area contributed by atoms with E-state index < -0.39 is 0 Å². The third-order valence-electron chi connectivity index (χ3n) is 5.05. The number of urea groups is 1. The second-order valence-electron chi connectivity index (χ2n) is 6.81. The van der Waals surface area contributed by atoms with E-state index in [0.29, 0.717) is 43.1 Å². The van der Waals surface area contributed by atoms with Gasteiger partial charge in [-0.3, -0.25) is 0 Å². The molecule has 1 heterocycles. The molecule has 152 valence electrons. The van der Waals surface area contributed by atoms with Gasteiger partial charge in [-0.1, -0.05) is 12.1 Å². The SMILES string of the molecule is COc1ccc(CCNC(=O)N2CCN(c3cccc(C#N)c3)CC2)cc1OC. The van der Waals surface area contributed by atoms with Crippen molar-refractivity contribution in [3.63, 3.8) is 0 Å². The average molecular weight is 394 g/mol. The Kier molecular flexibility index (Phi) is 6.80. The predicted molar refractivity (Wildman–Crippen MR) is 112 cm³/mol. The van der Waals surface area contributed by atoms with Crippen LogP contribution in [0.2, 0.25) is 0 Å². The lowest BCUT2D eigenvalue weighted by atomic mass is 10.1. The van der Waals surface area contributed by atoms with Gasteiger partial charge in [0.25, 0.3) is 0 Å². The predicted octanol–water partition coefficient (Wildman–Crippen LogP) is 2.65. The number of carbonyl (C=O) groups is 1. The highest BCUT2D eigenvalue weighted by Gasteiger charge is 2.21. The Labute approximate surface area is 171 Å². The number of ether oxygens (including phenoxy) is 2. The van der Waals surface area contributed by atoms with Crippen LogP contribution in [0.4, 0.5) is 10.5 Å². The summed E-state index contributed by atoms with van der Waals surface area (Å²) in [4.78, 5) is 16.5. The van der Waals surface area contributed by atoms with E-state index in [2.05, 4.69) is 16.3 Å². The lowest BCUT2D eigenvalue weighted by Gasteiger charge is -2.36. The van der Waals surface area contributed by atoms with E-state index in [1.807, 2.05) is 41.3 Å². The van der Waals surface area contributed by atoms with E-state index in [1.165, 1.54) is 0 Å². The maximum Gasteiger partial charge on any atom is 0.317 e. The fraction of sp³-hybridized carbons (Fsp3) is 0.364. The summed E-state index contributed by atoms with van der Waals surface area (Å²) in [6.45, 7) is 3.35. The monoisotopic (exact) mass is 394 g/mol. The highest BCUT2D eigenvalue weighted by molar-refractivity contribution is 5.74. The number of hydrogen-bond acceptors (Lipinski definition) is 5. The summed E-state index contributed by atoms with van der Waals surface area (Å²) in [6, 6.07) is 15.5. The van der Waals surface area contributed by atoms with Crippen LogP contribution in [0.15, 0.2) is 42.5 Å². The molecule has 3 rings (SSSR count). The van der Waals surface area contributed by atoms with E-state index in [-0.39, 0.29) is 6.03 Å². The van der Waals surface area contributed by atoms with Gasteiger partial charge in [-0.2, -0.15) is 5.26 Å². The second kappa shape index (κ2) is 9.69. The lowest BCUT2D eigenvalue weighted by molar-refractivity contribution is 0.194. The van der Waals surface area contributed by atoms with Crippen molar-refractivity contribution >= 4 is 11.7 Å². The fourth-order valence-corrected chi connectivity index (χ4v) is 3.40. The molecule has 1 aliphatic heterocycles. The summed E-state index contributed by atoms with van der Waals surface area (Å²) in [7, 11) is 3.22. The molecular weight excluding hydrogens is 368 g/mol. The van der Waals surface area contributed by atoms with Crippen LogP contribution >= 0.6 is 0 Å². The number of methoxy groups -OCH3 is 2. The number of rotatable bonds is 6. The van der Waals surface area contributed by atoms with E-state index in [1.54, 1.807) is 20.3 Å². The number of hydrogen-bond donors (Lipinski definition) is 1. The van der Waals surface area contributed by atoms with Crippen molar-refractivity contribution in [2.45, 2.75) is 6.42 Å². The minimum atomic E-state index is -0.0455. The van der Waals surface area contributed by atoms with Crippen molar-refractivity contribution in [1.29, 1.82) is 5.26 Å². The van der Waals surface area contributed by atoms with E-state index in [4.69, 9.17) is 14.7 Å². The molecule has 0 radical (unpaired) electrons. The van der Waals surface area contributed by atoms with Gasteiger partial charge in [0.2, 0.25) is 0 Å². The Hall–Kier alpha value is -3.40. The van der Waals surface area contributed by atoms with Gasteiger partial charge in [-0.15, -0.1) is 0 Å². The van der Waals surface area contributed by atoms with E-state index in [0.717, 1.165) is 24.3 Å². The van der Waals surface area contributed by atoms with Gasteiger partial charge in [0.05, 0.1) is 25.9 Å². The second-order valence-corrected chi connectivity index (χ2v) is 6.81. The van der Waals surface area contributed by atoms with Crippen LogP contribution in [0.3, 0.4) is 0 Å². The summed E-state index contributed by atoms with van der Waals surface area (Å²) in [6.07, 6.45) is 0.715. The molecule has 7 nitrogen and oxygen atoms in total. The number of nitrogens with zero attached hydrogens (tertiary/aromatic N) is 3. The molecule has 0 atom stereocenters. The quantitative estimate of drug-likeness (QED) is 0.815. The van der Waals surface area contributed by atoms with Crippen molar-refractivity contribution < 1.29 is 14.3 Å². The zero-order chi connectivity index (χ0) is 20.6. The van der Waals surface area contributed by atoms with Crippen LogP contribution in [0, 0.1) is 11.3 Å². The molecule has 2 amide bonds. The van der Waals surface area contributed by atoms with Crippen LogP contribution in [-0.4, -0.2) is 57.9 Å². The maximum absolute atomic E-state index is 12.5. The first-order valence-corrected chi connectivity index (χ1v) is 9.63. The molecule has 0 unspecified atom stereocenters. The molecule has 0 spiro atoms. The zero-order valence-electron chi connectivity index (χ0n) is 16.9. The summed E-state index contributed by atoms with van der Waals surface area (Å²) in [5, 5.41) is 12.0. The number of carbonyl (C=O) groups excluding carboxylic acids is 1. The van der Waals surface area contributed by atoms with Gasteiger partial charge in [-0.25, -0.2) is 4.79 Å². The van der Waals surface area contributed by atoms with Gasteiger partial charge in [0.15, 0.2) is 11.5 Å². The topological polar surface area (TPSA) is 77.8 Å². The minimum absolute atomic E-state index is 0.0455. The molecule has 2 aromatic rings. The van der Waals surface area contributed by atoms with Gasteiger partial charge >= 0.3 is 6.03 Å². The highest BCUT2D eigenvalue weighted by Crippen LogP contribution is 2.27. The largest absolute Gasteiger partial charge is 0.493 e. The standard InChI is InChI=1S/C22H26N4O3/c1-28-20-7-6-17(15-21(20)29-2)8-9-24-22(27)26-12-10-25(11-13-26)19-5-3-4-18(14-19)16-23/h3-7,14-15H,8-13H2,1-2H3,(H,24,27). The molecule has 0 aliphatic carbocycles. The molecule has 0 aromatic heterocycles. The fourth-order valence-electron chi connectivity index (χ4n) is 3.40. The van der Waals surface area contributed by atoms with Crippen LogP contribution in [0.25, 0.3) is 0 Å². The van der Waals surface area contributed by atoms with Crippen molar-refractivity contribution in [2.24, 2.45) is 0 Å². The molecule has 29 heavy (non-hydrogen) atoms. The Morgan fingerprint density at radius 2 is 1.83 bits per heavy atom. The molecule has 2 aromatic carbocycles. The lowest BCUT2D eigenvalue weighted by Crippen LogP contribution is -2.52. The van der Waals surface area contributed by atoms with Crippen LogP contribution in [0.5, 0.6) is 11.5 Å². The first-order chi connectivity index (χ1) is 14.1. The Morgan fingerprint density at radius 3 is 2.52 bits per heavy atom. The molecule has 7 heteroatoms. The Balaban J connectivity index is 1.46. The van der Waals surface area contributed by atoms with E-state index in [9.17, 15) is 4.79 Å².